The van der Waals surface area contributed by atoms with Crippen LogP contribution in [-0.2, 0) is 6.42 Å². The second-order valence-electron chi connectivity index (χ2n) is 3.94. The van der Waals surface area contributed by atoms with Crippen molar-refractivity contribution in [1.29, 1.82) is 5.26 Å². The molecule has 0 aliphatic carbocycles. The topological polar surface area (TPSA) is 48.7 Å². The summed E-state index contributed by atoms with van der Waals surface area (Å²) in [5, 5.41) is 12.1. The normalized spacial score (nSPS) is 9.95. The fraction of sp³-hybridized carbons (Fsp3) is 0.143. The van der Waals surface area contributed by atoms with Gasteiger partial charge in [-0.1, -0.05) is 29.8 Å². The van der Waals surface area contributed by atoms with Crippen LogP contribution < -0.4 is 5.32 Å². The Morgan fingerprint density at radius 1 is 1.32 bits per heavy atom. The molecule has 0 unspecified atom stereocenters. The SMILES string of the molecule is N#Cc1cc(Cl)nc(NCCc2ccccc2F)c1. The van der Waals surface area contributed by atoms with E-state index < -0.39 is 0 Å². The van der Waals surface area contributed by atoms with E-state index in [0.29, 0.717) is 29.9 Å². The van der Waals surface area contributed by atoms with E-state index in [-0.39, 0.29) is 11.0 Å². The van der Waals surface area contributed by atoms with Crippen molar-refractivity contribution in [2.24, 2.45) is 0 Å². The van der Waals surface area contributed by atoms with E-state index in [1.807, 2.05) is 6.07 Å². The Bertz CT molecular complexity index is 622. The minimum Gasteiger partial charge on any atom is -0.370 e. The quantitative estimate of drug-likeness (QED) is 0.870. The third-order valence-corrected chi connectivity index (χ3v) is 2.78. The Morgan fingerprint density at radius 3 is 2.84 bits per heavy atom. The number of halogens is 2. The first-order valence-electron chi connectivity index (χ1n) is 5.74. The molecule has 2 rings (SSSR count). The predicted octanol–water partition coefficient (Wildman–Crippen LogP) is 3.40. The van der Waals surface area contributed by atoms with Gasteiger partial charge in [0.1, 0.15) is 16.8 Å². The maximum Gasteiger partial charge on any atom is 0.132 e. The Kier molecular flexibility index (Phi) is 4.32. The molecule has 1 aromatic carbocycles. The molecule has 96 valence electrons. The highest BCUT2D eigenvalue weighted by Gasteiger charge is 2.03. The number of hydrogen-bond donors (Lipinski definition) is 1. The molecule has 3 nitrogen and oxygen atoms in total. The van der Waals surface area contributed by atoms with Gasteiger partial charge in [-0.15, -0.1) is 0 Å². The third-order valence-electron chi connectivity index (χ3n) is 2.58. The zero-order valence-corrected chi connectivity index (χ0v) is 10.8. The molecule has 0 saturated carbocycles. The second kappa shape index (κ2) is 6.17. The summed E-state index contributed by atoms with van der Waals surface area (Å²) in [4.78, 5) is 4.04. The monoisotopic (exact) mass is 275 g/mol. The molecule has 0 atom stereocenters. The van der Waals surface area contributed by atoms with Gasteiger partial charge < -0.3 is 5.32 Å². The molecule has 0 radical (unpaired) electrons. The number of nitrogens with one attached hydrogen (secondary N) is 1. The summed E-state index contributed by atoms with van der Waals surface area (Å²) in [6, 6.07) is 11.7. The molecule has 2 aromatic rings. The van der Waals surface area contributed by atoms with Crippen molar-refractivity contribution in [3.63, 3.8) is 0 Å². The standard InChI is InChI=1S/C14H11ClFN3/c15-13-7-10(9-17)8-14(19-13)18-6-5-11-3-1-2-4-12(11)16/h1-4,7-8H,5-6H2,(H,18,19). The van der Waals surface area contributed by atoms with Crippen LogP contribution in [-0.4, -0.2) is 11.5 Å². The molecule has 0 aliphatic heterocycles. The van der Waals surface area contributed by atoms with Gasteiger partial charge in [0, 0.05) is 6.54 Å². The molecule has 1 N–H and O–H groups in total. The fourth-order valence-electron chi connectivity index (χ4n) is 1.68. The van der Waals surface area contributed by atoms with Crippen LogP contribution >= 0.6 is 11.6 Å². The zero-order valence-electron chi connectivity index (χ0n) is 10.0. The maximum atomic E-state index is 13.4. The minimum absolute atomic E-state index is 0.221. The van der Waals surface area contributed by atoms with Crippen molar-refractivity contribution in [3.05, 3.63) is 58.5 Å². The summed E-state index contributed by atoms with van der Waals surface area (Å²) < 4.78 is 13.4. The molecule has 0 aliphatic rings. The average Bonchev–Trinajstić information content (AvgIpc) is 2.40. The van der Waals surface area contributed by atoms with E-state index >= 15 is 0 Å². The Balaban J connectivity index is 1.98. The summed E-state index contributed by atoms with van der Waals surface area (Å²) >= 11 is 5.79. The van der Waals surface area contributed by atoms with Gasteiger partial charge in [-0.2, -0.15) is 5.26 Å². The van der Waals surface area contributed by atoms with Crippen molar-refractivity contribution >= 4 is 17.4 Å². The van der Waals surface area contributed by atoms with Crippen molar-refractivity contribution in [1.82, 2.24) is 4.98 Å². The fourth-order valence-corrected chi connectivity index (χ4v) is 1.89. The molecule has 0 saturated heterocycles. The van der Waals surface area contributed by atoms with Crippen LogP contribution in [0, 0.1) is 17.1 Å². The Labute approximate surface area is 115 Å². The van der Waals surface area contributed by atoms with Crippen molar-refractivity contribution in [2.75, 3.05) is 11.9 Å². The molecule has 0 spiro atoms. The number of rotatable bonds is 4. The lowest BCUT2D eigenvalue weighted by atomic mass is 10.1. The summed E-state index contributed by atoms with van der Waals surface area (Å²) in [5.41, 5.74) is 1.07. The van der Waals surface area contributed by atoms with Crippen LogP contribution in [0.1, 0.15) is 11.1 Å². The van der Waals surface area contributed by atoms with E-state index in [1.165, 1.54) is 12.1 Å². The van der Waals surface area contributed by atoms with Gasteiger partial charge in [0.25, 0.3) is 0 Å². The molecule has 0 bridgehead atoms. The van der Waals surface area contributed by atoms with Gasteiger partial charge in [0.15, 0.2) is 0 Å². The summed E-state index contributed by atoms with van der Waals surface area (Å²) in [6.07, 6.45) is 0.531. The summed E-state index contributed by atoms with van der Waals surface area (Å²) in [7, 11) is 0. The largest absolute Gasteiger partial charge is 0.370 e. The molecular weight excluding hydrogens is 265 g/mol. The van der Waals surface area contributed by atoms with Gasteiger partial charge >= 0.3 is 0 Å². The molecule has 0 fully saturated rings. The van der Waals surface area contributed by atoms with Crippen molar-refractivity contribution < 1.29 is 4.39 Å². The van der Waals surface area contributed by atoms with Crippen LogP contribution in [0.5, 0.6) is 0 Å². The van der Waals surface area contributed by atoms with Gasteiger partial charge in [0.05, 0.1) is 11.6 Å². The Hall–Kier alpha value is -2.12. The molecule has 5 heteroatoms. The number of benzene rings is 1. The van der Waals surface area contributed by atoms with E-state index in [0.717, 1.165) is 0 Å². The highest BCUT2D eigenvalue weighted by atomic mass is 35.5. The van der Waals surface area contributed by atoms with E-state index in [9.17, 15) is 4.39 Å². The first kappa shape index (κ1) is 13.3. The number of nitrogens with zero attached hydrogens (tertiary/aromatic N) is 2. The number of aromatic nitrogens is 1. The zero-order chi connectivity index (χ0) is 13.7. The number of hydrogen-bond acceptors (Lipinski definition) is 3. The van der Waals surface area contributed by atoms with Crippen molar-refractivity contribution in [2.45, 2.75) is 6.42 Å². The lowest BCUT2D eigenvalue weighted by Crippen LogP contribution is -2.07. The van der Waals surface area contributed by atoms with Gasteiger partial charge in [-0.3, -0.25) is 0 Å². The maximum absolute atomic E-state index is 13.4. The van der Waals surface area contributed by atoms with E-state index in [4.69, 9.17) is 16.9 Å². The predicted molar refractivity (Wildman–Crippen MR) is 72.6 cm³/mol. The molecule has 1 heterocycles. The number of pyridine rings is 1. The molecule has 19 heavy (non-hydrogen) atoms. The molecule has 1 aromatic heterocycles. The lowest BCUT2D eigenvalue weighted by Gasteiger charge is -2.07. The number of anilines is 1. The van der Waals surface area contributed by atoms with Crippen molar-refractivity contribution in [3.8, 4) is 6.07 Å². The van der Waals surface area contributed by atoms with E-state index in [2.05, 4.69) is 10.3 Å². The minimum atomic E-state index is -0.221. The second-order valence-corrected chi connectivity index (χ2v) is 4.33. The average molecular weight is 276 g/mol. The number of nitriles is 1. The highest BCUT2D eigenvalue weighted by Crippen LogP contribution is 2.14. The highest BCUT2D eigenvalue weighted by molar-refractivity contribution is 6.29. The van der Waals surface area contributed by atoms with Crippen LogP contribution in [0.25, 0.3) is 0 Å². The first-order chi connectivity index (χ1) is 9.19. The smallest absolute Gasteiger partial charge is 0.132 e. The molecular formula is C14H11ClFN3. The molecule has 0 amide bonds. The van der Waals surface area contributed by atoms with Crippen LogP contribution in [0.15, 0.2) is 36.4 Å². The lowest BCUT2D eigenvalue weighted by molar-refractivity contribution is 0.610. The third kappa shape index (κ3) is 3.67. The Morgan fingerprint density at radius 2 is 2.11 bits per heavy atom. The van der Waals surface area contributed by atoms with Gasteiger partial charge in [0.2, 0.25) is 0 Å². The van der Waals surface area contributed by atoms with Crippen LogP contribution in [0.4, 0.5) is 10.2 Å². The van der Waals surface area contributed by atoms with E-state index in [1.54, 1.807) is 24.3 Å². The van der Waals surface area contributed by atoms with Crippen LogP contribution in [0.3, 0.4) is 0 Å². The summed E-state index contributed by atoms with van der Waals surface area (Å²) in [5.74, 6) is 0.293. The van der Waals surface area contributed by atoms with Gasteiger partial charge in [-0.25, -0.2) is 9.37 Å². The first-order valence-corrected chi connectivity index (χ1v) is 6.12. The van der Waals surface area contributed by atoms with Crippen LogP contribution in [0.2, 0.25) is 5.15 Å². The van der Waals surface area contributed by atoms with Gasteiger partial charge in [-0.05, 0) is 30.2 Å². The summed E-state index contributed by atoms with van der Waals surface area (Å²) in [6.45, 7) is 0.513.